The van der Waals surface area contributed by atoms with Gasteiger partial charge < -0.3 is 10.6 Å². The van der Waals surface area contributed by atoms with Gasteiger partial charge in [-0.15, -0.1) is 0 Å². The predicted octanol–water partition coefficient (Wildman–Crippen LogP) is 3.51. The highest BCUT2D eigenvalue weighted by Gasteiger charge is 2.34. The molecule has 0 bridgehead atoms. The molecule has 2 nitrogen and oxygen atoms in total. The highest BCUT2D eigenvalue weighted by atomic mass is 15.0. The Morgan fingerprint density at radius 3 is 2.89 bits per heavy atom. The SMILES string of the molecule is CCC1(NCCC2CNc3ccccc32)CCC1. The van der Waals surface area contributed by atoms with Crippen molar-refractivity contribution < 1.29 is 0 Å². The van der Waals surface area contributed by atoms with E-state index in [0.29, 0.717) is 11.5 Å². The van der Waals surface area contributed by atoms with Crippen molar-refractivity contribution >= 4 is 5.69 Å². The molecule has 2 heteroatoms. The Kier molecular flexibility index (Phi) is 3.29. The number of rotatable bonds is 5. The fourth-order valence-electron chi connectivity index (χ4n) is 3.39. The summed E-state index contributed by atoms with van der Waals surface area (Å²) in [7, 11) is 0. The van der Waals surface area contributed by atoms with Crippen LogP contribution in [0.1, 0.15) is 50.5 Å². The smallest absolute Gasteiger partial charge is 0.0376 e. The van der Waals surface area contributed by atoms with Crippen LogP contribution in [0.5, 0.6) is 0 Å². The summed E-state index contributed by atoms with van der Waals surface area (Å²) >= 11 is 0. The third-order valence-corrected chi connectivity index (χ3v) is 4.92. The molecule has 1 fully saturated rings. The Morgan fingerprint density at radius 2 is 2.17 bits per heavy atom. The van der Waals surface area contributed by atoms with E-state index < -0.39 is 0 Å². The van der Waals surface area contributed by atoms with Crippen LogP contribution in [0.15, 0.2) is 24.3 Å². The number of hydrogen-bond acceptors (Lipinski definition) is 2. The molecule has 0 radical (unpaired) electrons. The van der Waals surface area contributed by atoms with E-state index in [1.807, 2.05) is 0 Å². The number of anilines is 1. The minimum absolute atomic E-state index is 0.492. The van der Waals surface area contributed by atoms with Gasteiger partial charge in [-0.3, -0.25) is 0 Å². The molecule has 1 aromatic rings. The standard InChI is InChI=1S/C16H24N2/c1-2-16(9-5-10-16)18-11-8-13-12-17-15-7-4-3-6-14(13)15/h3-4,6-7,13,17-18H,2,5,8-12H2,1H3. The van der Waals surface area contributed by atoms with Crippen molar-refractivity contribution in [2.24, 2.45) is 0 Å². The average molecular weight is 244 g/mol. The number of benzene rings is 1. The molecule has 0 amide bonds. The first-order valence-corrected chi connectivity index (χ1v) is 7.41. The van der Waals surface area contributed by atoms with Crippen LogP contribution in [-0.2, 0) is 0 Å². The topological polar surface area (TPSA) is 24.1 Å². The van der Waals surface area contributed by atoms with E-state index in [4.69, 9.17) is 0 Å². The van der Waals surface area contributed by atoms with Crippen LogP contribution >= 0.6 is 0 Å². The third kappa shape index (κ3) is 2.14. The Labute approximate surface area is 110 Å². The highest BCUT2D eigenvalue weighted by molar-refractivity contribution is 5.57. The predicted molar refractivity (Wildman–Crippen MR) is 77.2 cm³/mol. The van der Waals surface area contributed by atoms with Gasteiger partial charge in [-0.1, -0.05) is 25.1 Å². The number of fused-ring (bicyclic) bond motifs is 1. The lowest BCUT2D eigenvalue weighted by Gasteiger charge is -2.42. The van der Waals surface area contributed by atoms with Gasteiger partial charge in [-0.05, 0) is 50.3 Å². The van der Waals surface area contributed by atoms with Crippen molar-refractivity contribution in [2.75, 3.05) is 18.4 Å². The van der Waals surface area contributed by atoms with Crippen molar-refractivity contribution in [3.63, 3.8) is 0 Å². The van der Waals surface area contributed by atoms with Crippen LogP contribution in [-0.4, -0.2) is 18.6 Å². The minimum Gasteiger partial charge on any atom is -0.384 e. The maximum Gasteiger partial charge on any atom is 0.0376 e. The van der Waals surface area contributed by atoms with E-state index >= 15 is 0 Å². The molecule has 3 rings (SSSR count). The zero-order valence-electron chi connectivity index (χ0n) is 11.3. The van der Waals surface area contributed by atoms with Gasteiger partial charge in [0.1, 0.15) is 0 Å². The molecule has 1 saturated carbocycles. The summed E-state index contributed by atoms with van der Waals surface area (Å²) in [6.45, 7) is 4.59. The average Bonchev–Trinajstić information content (AvgIpc) is 2.76. The maximum atomic E-state index is 3.81. The van der Waals surface area contributed by atoms with Gasteiger partial charge in [0.25, 0.3) is 0 Å². The summed E-state index contributed by atoms with van der Waals surface area (Å²) in [5, 5.41) is 7.32. The van der Waals surface area contributed by atoms with Crippen LogP contribution < -0.4 is 10.6 Å². The van der Waals surface area contributed by atoms with E-state index in [0.717, 1.165) is 13.1 Å². The summed E-state index contributed by atoms with van der Waals surface area (Å²) in [4.78, 5) is 0. The molecule has 1 heterocycles. The molecule has 0 saturated heterocycles. The normalized spacial score (nSPS) is 24.2. The zero-order valence-corrected chi connectivity index (χ0v) is 11.3. The molecule has 2 aliphatic rings. The van der Waals surface area contributed by atoms with Gasteiger partial charge in [-0.2, -0.15) is 0 Å². The zero-order chi connectivity index (χ0) is 12.4. The highest BCUT2D eigenvalue weighted by Crippen LogP contribution is 2.36. The monoisotopic (exact) mass is 244 g/mol. The van der Waals surface area contributed by atoms with Crippen LogP contribution in [0.3, 0.4) is 0 Å². The van der Waals surface area contributed by atoms with Crippen molar-refractivity contribution in [1.82, 2.24) is 5.32 Å². The number of nitrogens with one attached hydrogen (secondary N) is 2. The summed E-state index contributed by atoms with van der Waals surface area (Å²) in [6, 6.07) is 8.75. The summed E-state index contributed by atoms with van der Waals surface area (Å²) in [5.74, 6) is 0.697. The van der Waals surface area contributed by atoms with Gasteiger partial charge in [0.2, 0.25) is 0 Å². The molecular weight excluding hydrogens is 220 g/mol. The van der Waals surface area contributed by atoms with Crippen LogP contribution in [0.4, 0.5) is 5.69 Å². The van der Waals surface area contributed by atoms with Gasteiger partial charge in [0, 0.05) is 23.7 Å². The Hall–Kier alpha value is -1.02. The van der Waals surface area contributed by atoms with Gasteiger partial charge in [0.05, 0.1) is 0 Å². The first-order valence-electron chi connectivity index (χ1n) is 7.41. The molecule has 18 heavy (non-hydrogen) atoms. The van der Waals surface area contributed by atoms with Crippen LogP contribution in [0.25, 0.3) is 0 Å². The Bertz CT molecular complexity index is 404. The van der Waals surface area contributed by atoms with E-state index in [1.54, 1.807) is 0 Å². The molecule has 1 aliphatic carbocycles. The van der Waals surface area contributed by atoms with Crippen molar-refractivity contribution in [1.29, 1.82) is 0 Å². The molecule has 1 unspecified atom stereocenters. The van der Waals surface area contributed by atoms with Crippen molar-refractivity contribution in [3.05, 3.63) is 29.8 Å². The van der Waals surface area contributed by atoms with Gasteiger partial charge >= 0.3 is 0 Å². The van der Waals surface area contributed by atoms with Crippen LogP contribution in [0.2, 0.25) is 0 Å². The minimum atomic E-state index is 0.492. The van der Waals surface area contributed by atoms with E-state index in [2.05, 4.69) is 41.8 Å². The Morgan fingerprint density at radius 1 is 1.33 bits per heavy atom. The second-order valence-corrected chi connectivity index (χ2v) is 5.87. The molecule has 1 atom stereocenters. The fraction of sp³-hybridized carbons (Fsp3) is 0.625. The molecule has 0 spiro atoms. The first kappa shape index (κ1) is 12.0. The fourth-order valence-corrected chi connectivity index (χ4v) is 3.39. The molecule has 98 valence electrons. The second-order valence-electron chi connectivity index (χ2n) is 5.87. The third-order valence-electron chi connectivity index (χ3n) is 4.92. The molecule has 1 aliphatic heterocycles. The van der Waals surface area contributed by atoms with Crippen LogP contribution in [0, 0.1) is 0 Å². The van der Waals surface area contributed by atoms with Crippen molar-refractivity contribution in [2.45, 2.75) is 50.5 Å². The van der Waals surface area contributed by atoms with Gasteiger partial charge in [-0.25, -0.2) is 0 Å². The summed E-state index contributed by atoms with van der Waals surface area (Å²) < 4.78 is 0. The molecule has 1 aromatic carbocycles. The number of para-hydroxylation sites is 1. The number of hydrogen-bond donors (Lipinski definition) is 2. The van der Waals surface area contributed by atoms with E-state index in [1.165, 1.54) is 43.4 Å². The lowest BCUT2D eigenvalue weighted by Crippen LogP contribution is -2.50. The first-order chi connectivity index (χ1) is 8.83. The molecule has 2 N–H and O–H groups in total. The lowest BCUT2D eigenvalue weighted by molar-refractivity contribution is 0.176. The second kappa shape index (κ2) is 4.93. The quantitative estimate of drug-likeness (QED) is 0.828. The van der Waals surface area contributed by atoms with Crippen molar-refractivity contribution in [3.8, 4) is 0 Å². The molecular formula is C16H24N2. The maximum absolute atomic E-state index is 3.81. The van der Waals surface area contributed by atoms with E-state index in [-0.39, 0.29) is 0 Å². The summed E-state index contributed by atoms with van der Waals surface area (Å²) in [5.41, 5.74) is 3.35. The van der Waals surface area contributed by atoms with E-state index in [9.17, 15) is 0 Å². The van der Waals surface area contributed by atoms with Gasteiger partial charge in [0.15, 0.2) is 0 Å². The largest absolute Gasteiger partial charge is 0.384 e. The lowest BCUT2D eigenvalue weighted by atomic mass is 9.75. The summed E-state index contributed by atoms with van der Waals surface area (Å²) in [6.07, 6.45) is 6.71. The Balaban J connectivity index is 1.53. The molecule has 0 aromatic heterocycles.